The third kappa shape index (κ3) is 3.58. The molecule has 0 bridgehead atoms. The Morgan fingerprint density at radius 2 is 2.18 bits per heavy atom. The van der Waals surface area contributed by atoms with Crippen molar-refractivity contribution in [3.8, 4) is 0 Å². The van der Waals surface area contributed by atoms with Crippen LogP contribution in [0.4, 0.5) is 0 Å². The second-order valence-electron chi connectivity index (χ2n) is 3.15. The standard InChI is InChI=1S/C7H10BrNS2/c1-7(2,3)11-5-4-10-6(8)9-5/h4H,1-3H3. The van der Waals surface area contributed by atoms with Crippen LogP contribution in [-0.4, -0.2) is 9.73 Å². The van der Waals surface area contributed by atoms with Crippen molar-refractivity contribution in [3.05, 3.63) is 9.30 Å². The van der Waals surface area contributed by atoms with E-state index in [2.05, 4.69) is 47.1 Å². The van der Waals surface area contributed by atoms with Crippen LogP contribution in [0.5, 0.6) is 0 Å². The minimum atomic E-state index is 0.257. The predicted molar refractivity (Wildman–Crippen MR) is 55.4 cm³/mol. The van der Waals surface area contributed by atoms with Crippen LogP contribution in [0, 0.1) is 0 Å². The largest absolute Gasteiger partial charge is 0.223 e. The van der Waals surface area contributed by atoms with Crippen LogP contribution in [0.25, 0.3) is 0 Å². The van der Waals surface area contributed by atoms with E-state index in [-0.39, 0.29) is 4.75 Å². The average molecular weight is 252 g/mol. The van der Waals surface area contributed by atoms with Gasteiger partial charge in [-0.2, -0.15) is 0 Å². The topological polar surface area (TPSA) is 12.9 Å². The van der Waals surface area contributed by atoms with Crippen molar-refractivity contribution in [2.24, 2.45) is 0 Å². The van der Waals surface area contributed by atoms with Gasteiger partial charge < -0.3 is 0 Å². The van der Waals surface area contributed by atoms with Gasteiger partial charge in [0, 0.05) is 10.1 Å². The maximum atomic E-state index is 4.29. The zero-order valence-corrected chi connectivity index (χ0v) is 9.94. The third-order valence-corrected chi connectivity index (χ3v) is 3.41. The fourth-order valence-electron chi connectivity index (χ4n) is 0.599. The first-order valence-electron chi connectivity index (χ1n) is 3.27. The number of thioether (sulfide) groups is 1. The van der Waals surface area contributed by atoms with Gasteiger partial charge in [-0.25, -0.2) is 4.98 Å². The smallest absolute Gasteiger partial charge is 0.160 e. The van der Waals surface area contributed by atoms with Crippen molar-refractivity contribution in [2.75, 3.05) is 0 Å². The minimum Gasteiger partial charge on any atom is -0.223 e. The Labute approximate surface area is 83.7 Å². The number of hydrogen-bond donors (Lipinski definition) is 0. The molecule has 0 saturated heterocycles. The highest BCUT2D eigenvalue weighted by atomic mass is 79.9. The van der Waals surface area contributed by atoms with Crippen molar-refractivity contribution in [1.82, 2.24) is 4.98 Å². The fraction of sp³-hybridized carbons (Fsp3) is 0.571. The first-order valence-corrected chi connectivity index (χ1v) is 5.76. The highest BCUT2D eigenvalue weighted by Crippen LogP contribution is 2.33. The molecular formula is C7H10BrNS2. The van der Waals surface area contributed by atoms with E-state index >= 15 is 0 Å². The molecule has 0 aliphatic rings. The first-order chi connectivity index (χ1) is 4.97. The number of thiazole rings is 1. The summed E-state index contributed by atoms with van der Waals surface area (Å²) in [6, 6.07) is 0. The van der Waals surface area contributed by atoms with E-state index in [4.69, 9.17) is 0 Å². The Morgan fingerprint density at radius 1 is 1.55 bits per heavy atom. The van der Waals surface area contributed by atoms with Crippen LogP contribution < -0.4 is 0 Å². The Morgan fingerprint density at radius 3 is 2.55 bits per heavy atom. The molecule has 0 fully saturated rings. The lowest BCUT2D eigenvalue weighted by Gasteiger charge is -2.14. The number of aromatic nitrogens is 1. The zero-order chi connectivity index (χ0) is 8.48. The summed E-state index contributed by atoms with van der Waals surface area (Å²) >= 11 is 6.75. The van der Waals surface area contributed by atoms with Crippen LogP contribution in [0.2, 0.25) is 0 Å². The molecule has 1 aromatic rings. The van der Waals surface area contributed by atoms with Gasteiger partial charge in [-0.15, -0.1) is 11.3 Å². The van der Waals surface area contributed by atoms with Crippen molar-refractivity contribution in [2.45, 2.75) is 30.5 Å². The van der Waals surface area contributed by atoms with E-state index in [1.807, 2.05) is 0 Å². The van der Waals surface area contributed by atoms with Crippen LogP contribution in [-0.2, 0) is 0 Å². The van der Waals surface area contributed by atoms with Crippen molar-refractivity contribution in [1.29, 1.82) is 0 Å². The van der Waals surface area contributed by atoms with Crippen molar-refractivity contribution in [3.63, 3.8) is 0 Å². The molecule has 0 aromatic carbocycles. The maximum absolute atomic E-state index is 4.29. The van der Waals surface area contributed by atoms with Gasteiger partial charge in [-0.05, 0) is 15.9 Å². The molecule has 0 spiro atoms. The molecule has 62 valence electrons. The zero-order valence-electron chi connectivity index (χ0n) is 6.72. The summed E-state index contributed by atoms with van der Waals surface area (Å²) in [6.07, 6.45) is 0. The van der Waals surface area contributed by atoms with Crippen molar-refractivity contribution < 1.29 is 0 Å². The van der Waals surface area contributed by atoms with E-state index < -0.39 is 0 Å². The molecule has 0 aliphatic heterocycles. The van der Waals surface area contributed by atoms with Gasteiger partial charge in [0.25, 0.3) is 0 Å². The molecule has 0 radical (unpaired) electrons. The summed E-state index contributed by atoms with van der Waals surface area (Å²) in [5.41, 5.74) is 0. The molecule has 1 rings (SSSR count). The lowest BCUT2D eigenvalue weighted by atomic mass is 10.3. The lowest BCUT2D eigenvalue weighted by molar-refractivity contribution is 0.800. The summed E-state index contributed by atoms with van der Waals surface area (Å²) in [5.74, 6) is 0. The summed E-state index contributed by atoms with van der Waals surface area (Å²) < 4.78 is 1.22. The highest BCUT2D eigenvalue weighted by molar-refractivity contribution is 9.11. The molecule has 0 N–H and O–H groups in total. The quantitative estimate of drug-likeness (QED) is 0.705. The van der Waals surface area contributed by atoms with Crippen LogP contribution >= 0.6 is 39.0 Å². The Hall–Kier alpha value is 0.460. The molecule has 0 aliphatic carbocycles. The van der Waals surface area contributed by atoms with E-state index in [0.717, 1.165) is 8.94 Å². The summed E-state index contributed by atoms with van der Waals surface area (Å²) in [5, 5.41) is 3.18. The average Bonchev–Trinajstić information content (AvgIpc) is 2.10. The number of nitrogens with zero attached hydrogens (tertiary/aromatic N) is 1. The van der Waals surface area contributed by atoms with Gasteiger partial charge in [0.05, 0.1) is 0 Å². The molecule has 0 atom stereocenters. The Bertz CT molecular complexity index is 239. The second-order valence-corrected chi connectivity index (χ2v) is 7.13. The Kier molecular flexibility index (Phi) is 3.00. The fourth-order valence-corrected chi connectivity index (χ4v) is 2.75. The molecule has 4 heteroatoms. The van der Waals surface area contributed by atoms with E-state index in [0.29, 0.717) is 0 Å². The first kappa shape index (κ1) is 9.55. The number of hydrogen-bond acceptors (Lipinski definition) is 3. The molecule has 11 heavy (non-hydrogen) atoms. The molecule has 0 unspecified atom stereocenters. The van der Waals surface area contributed by atoms with Gasteiger partial charge in [-0.1, -0.05) is 32.5 Å². The van der Waals surface area contributed by atoms with Gasteiger partial charge in [0.2, 0.25) is 0 Å². The molecule has 1 heterocycles. The highest BCUT2D eigenvalue weighted by Gasteiger charge is 2.13. The molecule has 0 amide bonds. The molecular weight excluding hydrogens is 242 g/mol. The van der Waals surface area contributed by atoms with Crippen LogP contribution in [0.3, 0.4) is 0 Å². The van der Waals surface area contributed by atoms with Gasteiger partial charge >= 0.3 is 0 Å². The van der Waals surface area contributed by atoms with Crippen LogP contribution in [0.15, 0.2) is 14.3 Å². The van der Waals surface area contributed by atoms with E-state index in [1.165, 1.54) is 0 Å². The lowest BCUT2D eigenvalue weighted by Crippen LogP contribution is -2.06. The van der Waals surface area contributed by atoms with Gasteiger partial charge in [-0.3, -0.25) is 0 Å². The second kappa shape index (κ2) is 3.46. The van der Waals surface area contributed by atoms with Crippen LogP contribution in [0.1, 0.15) is 20.8 Å². The van der Waals surface area contributed by atoms with Gasteiger partial charge in [0.15, 0.2) is 3.92 Å². The monoisotopic (exact) mass is 251 g/mol. The SMILES string of the molecule is CC(C)(C)Sc1csc(Br)n1. The normalized spacial score (nSPS) is 12.0. The maximum Gasteiger partial charge on any atom is 0.160 e. The minimum absolute atomic E-state index is 0.257. The number of halogens is 1. The third-order valence-electron chi connectivity index (χ3n) is 0.866. The summed E-state index contributed by atoms with van der Waals surface area (Å²) in [6.45, 7) is 6.56. The summed E-state index contributed by atoms with van der Waals surface area (Å²) in [4.78, 5) is 4.29. The Balaban J connectivity index is 2.65. The van der Waals surface area contributed by atoms with E-state index in [9.17, 15) is 0 Å². The molecule has 0 saturated carbocycles. The van der Waals surface area contributed by atoms with E-state index in [1.54, 1.807) is 23.1 Å². The van der Waals surface area contributed by atoms with Crippen molar-refractivity contribution >= 4 is 39.0 Å². The summed E-state index contributed by atoms with van der Waals surface area (Å²) in [7, 11) is 0. The number of rotatable bonds is 1. The van der Waals surface area contributed by atoms with Gasteiger partial charge in [0.1, 0.15) is 5.03 Å². The molecule has 1 nitrogen and oxygen atoms in total. The predicted octanol–water partition coefficient (Wildman–Crippen LogP) is 3.80. The molecule has 1 aromatic heterocycles.